The van der Waals surface area contributed by atoms with Gasteiger partial charge in [0.1, 0.15) is 5.72 Å². The second-order valence-corrected chi connectivity index (χ2v) is 12.7. The lowest BCUT2D eigenvalue weighted by atomic mass is 9.45. The molecule has 2 heteroatoms. The summed E-state index contributed by atoms with van der Waals surface area (Å²) < 4.78 is 6.92. The highest BCUT2D eigenvalue weighted by Gasteiger charge is 2.66. The topological polar surface area (TPSA) is 21.3 Å². The van der Waals surface area contributed by atoms with Crippen molar-refractivity contribution in [1.29, 1.82) is 0 Å². The Balaban J connectivity index is 1.24. The molecule has 2 heterocycles. The van der Waals surface area contributed by atoms with Crippen molar-refractivity contribution in [3.8, 4) is 0 Å². The predicted octanol–water partition coefficient (Wildman–Crippen LogP) is 6.15. The number of ether oxygens (including phenoxy) is 1. The number of hydrogen-bond acceptors (Lipinski definition) is 2. The van der Waals surface area contributed by atoms with Crippen LogP contribution >= 0.6 is 0 Å². The van der Waals surface area contributed by atoms with Gasteiger partial charge in [-0.15, -0.1) is 0 Å². The van der Waals surface area contributed by atoms with Crippen LogP contribution in [-0.2, 0) is 4.74 Å². The van der Waals surface area contributed by atoms with Crippen LogP contribution in [-0.4, -0.2) is 18.4 Å². The van der Waals surface area contributed by atoms with Gasteiger partial charge in [0.05, 0.1) is 6.10 Å². The van der Waals surface area contributed by atoms with Gasteiger partial charge in [0.15, 0.2) is 0 Å². The van der Waals surface area contributed by atoms with Crippen molar-refractivity contribution in [1.82, 2.24) is 5.32 Å². The molecule has 0 bridgehead atoms. The van der Waals surface area contributed by atoms with Crippen LogP contribution < -0.4 is 5.32 Å². The molecule has 10 atom stereocenters. The van der Waals surface area contributed by atoms with E-state index in [0.717, 1.165) is 42.1 Å². The van der Waals surface area contributed by atoms with Crippen LogP contribution in [0.25, 0.3) is 0 Å². The maximum Gasteiger partial charge on any atom is 0.120 e. The zero-order valence-corrected chi connectivity index (χ0v) is 18.6. The summed E-state index contributed by atoms with van der Waals surface area (Å²) in [5.74, 6) is 5.64. The Morgan fingerprint density at radius 3 is 2.54 bits per heavy atom. The van der Waals surface area contributed by atoms with Gasteiger partial charge in [-0.25, -0.2) is 0 Å². The molecule has 6 rings (SSSR count). The van der Waals surface area contributed by atoms with E-state index in [4.69, 9.17) is 4.74 Å². The Hall–Kier alpha value is -0.0800. The largest absolute Gasteiger partial charge is 0.357 e. The monoisotopic (exact) mass is 385 g/mol. The average molecular weight is 386 g/mol. The van der Waals surface area contributed by atoms with Gasteiger partial charge in [-0.2, -0.15) is 0 Å². The van der Waals surface area contributed by atoms with Gasteiger partial charge in [0, 0.05) is 6.54 Å². The summed E-state index contributed by atoms with van der Waals surface area (Å²) in [5, 5.41) is 3.86. The SMILES string of the molecule is CC1CCC2(CC3C(CC4C5CCC6CCCCC6(C)C5CCC34C)O2)NC1. The number of nitrogens with one attached hydrogen (secondary N) is 1. The van der Waals surface area contributed by atoms with E-state index in [-0.39, 0.29) is 5.72 Å². The van der Waals surface area contributed by atoms with Crippen LogP contribution in [0.15, 0.2) is 0 Å². The highest BCUT2D eigenvalue weighted by Crippen LogP contribution is 2.70. The van der Waals surface area contributed by atoms with Gasteiger partial charge in [0.2, 0.25) is 0 Å². The normalized spacial score (nSPS) is 60.8. The molecule has 2 aliphatic heterocycles. The van der Waals surface area contributed by atoms with Crippen LogP contribution in [0.1, 0.15) is 97.8 Å². The fourth-order valence-corrected chi connectivity index (χ4v) is 9.88. The molecule has 6 aliphatic rings. The Kier molecular flexibility index (Phi) is 4.15. The third-order valence-electron chi connectivity index (χ3n) is 11.5. The molecule has 1 N–H and O–H groups in total. The minimum atomic E-state index is 0.0414. The van der Waals surface area contributed by atoms with Crippen molar-refractivity contribution in [2.45, 2.75) is 110 Å². The van der Waals surface area contributed by atoms with Crippen molar-refractivity contribution in [2.24, 2.45) is 46.3 Å². The lowest BCUT2D eigenvalue weighted by molar-refractivity contribution is -0.120. The van der Waals surface area contributed by atoms with E-state index in [2.05, 4.69) is 26.1 Å². The first-order valence-electron chi connectivity index (χ1n) is 12.9. The molecule has 4 saturated carbocycles. The number of hydrogen-bond donors (Lipinski definition) is 1. The first-order chi connectivity index (χ1) is 13.4. The van der Waals surface area contributed by atoms with Crippen LogP contribution in [0.4, 0.5) is 0 Å². The average Bonchev–Trinajstić information content (AvgIpc) is 3.17. The third-order valence-corrected chi connectivity index (χ3v) is 11.5. The van der Waals surface area contributed by atoms with E-state index >= 15 is 0 Å². The van der Waals surface area contributed by atoms with Gasteiger partial charge in [-0.1, -0.05) is 33.6 Å². The zero-order chi connectivity index (χ0) is 19.1. The van der Waals surface area contributed by atoms with Gasteiger partial charge < -0.3 is 4.74 Å². The van der Waals surface area contributed by atoms with Crippen LogP contribution in [0.2, 0.25) is 0 Å². The molecule has 158 valence electrons. The van der Waals surface area contributed by atoms with Gasteiger partial charge in [0.25, 0.3) is 0 Å². The molecule has 0 aromatic heterocycles. The van der Waals surface area contributed by atoms with E-state index in [1.165, 1.54) is 77.0 Å². The van der Waals surface area contributed by atoms with E-state index in [1.807, 2.05) is 0 Å². The summed E-state index contributed by atoms with van der Waals surface area (Å²) in [6.45, 7) is 8.95. The van der Waals surface area contributed by atoms with Crippen molar-refractivity contribution in [3.05, 3.63) is 0 Å². The molecule has 2 saturated heterocycles. The molecule has 0 aromatic carbocycles. The summed E-state index contributed by atoms with van der Waals surface area (Å²) >= 11 is 0. The third kappa shape index (κ3) is 2.46. The molecule has 0 amide bonds. The quantitative estimate of drug-likeness (QED) is 0.540. The maximum absolute atomic E-state index is 6.92. The smallest absolute Gasteiger partial charge is 0.120 e. The summed E-state index contributed by atoms with van der Waals surface area (Å²) in [4.78, 5) is 0. The van der Waals surface area contributed by atoms with E-state index in [1.54, 1.807) is 0 Å². The summed E-state index contributed by atoms with van der Waals surface area (Å²) in [6, 6.07) is 0. The minimum Gasteiger partial charge on any atom is -0.357 e. The summed E-state index contributed by atoms with van der Waals surface area (Å²) in [6.07, 6.45) is 17.9. The van der Waals surface area contributed by atoms with Crippen molar-refractivity contribution in [3.63, 3.8) is 0 Å². The standard InChI is InChI=1S/C26H43NO/c1-17-9-13-26(27-16-17)15-22-23(28-26)14-21-19-8-7-18-6-4-5-11-24(18,2)20(19)10-12-25(21,22)3/h17-23,27H,4-16H2,1-3H3. The molecular formula is C26H43NO. The van der Waals surface area contributed by atoms with Crippen molar-refractivity contribution in [2.75, 3.05) is 6.54 Å². The Morgan fingerprint density at radius 1 is 0.821 bits per heavy atom. The molecule has 28 heavy (non-hydrogen) atoms. The van der Waals surface area contributed by atoms with Gasteiger partial charge in [-0.05, 0) is 111 Å². The molecule has 6 fully saturated rings. The van der Waals surface area contributed by atoms with Crippen LogP contribution in [0.5, 0.6) is 0 Å². The first kappa shape index (κ1) is 18.7. The molecule has 1 spiro atoms. The van der Waals surface area contributed by atoms with Crippen molar-refractivity contribution < 1.29 is 4.74 Å². The van der Waals surface area contributed by atoms with Gasteiger partial charge >= 0.3 is 0 Å². The van der Waals surface area contributed by atoms with Crippen molar-refractivity contribution >= 4 is 0 Å². The number of fused-ring (bicyclic) bond motifs is 7. The molecule has 0 radical (unpaired) electrons. The minimum absolute atomic E-state index is 0.0414. The Bertz CT molecular complexity index is 624. The fraction of sp³-hybridized carbons (Fsp3) is 1.00. The highest BCUT2D eigenvalue weighted by atomic mass is 16.5. The fourth-order valence-electron chi connectivity index (χ4n) is 9.88. The molecule has 10 unspecified atom stereocenters. The molecule has 4 aliphatic carbocycles. The van der Waals surface area contributed by atoms with E-state index in [0.29, 0.717) is 16.9 Å². The second kappa shape index (κ2) is 6.22. The predicted molar refractivity (Wildman–Crippen MR) is 114 cm³/mol. The molecular weight excluding hydrogens is 342 g/mol. The van der Waals surface area contributed by atoms with E-state index < -0.39 is 0 Å². The Morgan fingerprint density at radius 2 is 1.71 bits per heavy atom. The zero-order valence-electron chi connectivity index (χ0n) is 18.6. The summed E-state index contributed by atoms with van der Waals surface area (Å²) in [5.41, 5.74) is 1.26. The van der Waals surface area contributed by atoms with Crippen LogP contribution in [0, 0.1) is 46.3 Å². The first-order valence-corrected chi connectivity index (χ1v) is 12.9. The maximum atomic E-state index is 6.92. The van der Waals surface area contributed by atoms with Gasteiger partial charge in [-0.3, -0.25) is 5.32 Å². The van der Waals surface area contributed by atoms with E-state index in [9.17, 15) is 0 Å². The molecule has 0 aromatic rings. The number of rotatable bonds is 0. The lowest BCUT2D eigenvalue weighted by Crippen LogP contribution is -2.54. The Labute approximate surface area is 172 Å². The molecule has 2 nitrogen and oxygen atoms in total. The van der Waals surface area contributed by atoms with Crippen LogP contribution in [0.3, 0.4) is 0 Å². The highest BCUT2D eigenvalue weighted by molar-refractivity contribution is 5.14. The lowest BCUT2D eigenvalue weighted by Gasteiger charge is -2.60. The summed E-state index contributed by atoms with van der Waals surface area (Å²) in [7, 11) is 0. The second-order valence-electron chi connectivity index (χ2n) is 12.7. The number of piperidine rings is 1.